The molecule has 1 aliphatic heterocycles. The summed E-state index contributed by atoms with van der Waals surface area (Å²) in [5, 5.41) is 0. The summed E-state index contributed by atoms with van der Waals surface area (Å²) in [7, 11) is 0. The predicted molar refractivity (Wildman–Crippen MR) is 58.8 cm³/mol. The van der Waals surface area contributed by atoms with E-state index in [9.17, 15) is 4.79 Å². The van der Waals surface area contributed by atoms with Gasteiger partial charge in [-0.3, -0.25) is 4.79 Å². The molecule has 0 aromatic heterocycles. The standard InChI is InChI=1S/C13H14O2/c1-10(14)12-7-13(9-15-8-12)11-5-3-2-4-6-11/h2-7,13H,8-9H2,1H3. The molecule has 2 rings (SSSR count). The smallest absolute Gasteiger partial charge is 0.157 e. The second-order valence-corrected chi connectivity index (χ2v) is 3.78. The van der Waals surface area contributed by atoms with Crippen molar-refractivity contribution in [2.75, 3.05) is 13.2 Å². The van der Waals surface area contributed by atoms with Crippen LogP contribution >= 0.6 is 0 Å². The number of carbonyl (C=O) groups excluding carboxylic acids is 1. The van der Waals surface area contributed by atoms with Gasteiger partial charge in [-0.15, -0.1) is 0 Å². The maximum Gasteiger partial charge on any atom is 0.157 e. The highest BCUT2D eigenvalue weighted by molar-refractivity contribution is 5.93. The lowest BCUT2D eigenvalue weighted by Crippen LogP contribution is -2.18. The van der Waals surface area contributed by atoms with Crippen LogP contribution in [0.2, 0.25) is 0 Å². The van der Waals surface area contributed by atoms with Crippen LogP contribution in [0.1, 0.15) is 18.4 Å². The number of Topliss-reactive ketones (excluding diaryl/α,β-unsaturated/α-hetero) is 1. The second kappa shape index (κ2) is 4.41. The van der Waals surface area contributed by atoms with Gasteiger partial charge in [0.25, 0.3) is 0 Å². The molecule has 1 atom stereocenters. The molecule has 0 amide bonds. The van der Waals surface area contributed by atoms with Crippen molar-refractivity contribution < 1.29 is 9.53 Å². The van der Waals surface area contributed by atoms with Crippen molar-refractivity contribution in [3.8, 4) is 0 Å². The van der Waals surface area contributed by atoms with Crippen molar-refractivity contribution in [3.05, 3.63) is 47.5 Å². The van der Waals surface area contributed by atoms with Crippen molar-refractivity contribution >= 4 is 5.78 Å². The summed E-state index contributed by atoms with van der Waals surface area (Å²) in [5.74, 6) is 0.328. The molecule has 1 aromatic rings. The van der Waals surface area contributed by atoms with Crippen LogP contribution in [0, 0.1) is 0 Å². The summed E-state index contributed by atoms with van der Waals surface area (Å²) in [6.45, 7) is 2.71. The summed E-state index contributed by atoms with van der Waals surface area (Å²) in [6.07, 6.45) is 2.03. The molecule has 78 valence electrons. The highest BCUT2D eigenvalue weighted by atomic mass is 16.5. The number of hydrogen-bond acceptors (Lipinski definition) is 2. The van der Waals surface area contributed by atoms with Crippen molar-refractivity contribution in [1.82, 2.24) is 0 Å². The topological polar surface area (TPSA) is 26.3 Å². The van der Waals surface area contributed by atoms with E-state index in [2.05, 4.69) is 12.1 Å². The molecule has 0 N–H and O–H groups in total. The lowest BCUT2D eigenvalue weighted by Gasteiger charge is -2.20. The molecule has 1 unspecified atom stereocenters. The number of hydrogen-bond donors (Lipinski definition) is 0. The first-order valence-corrected chi connectivity index (χ1v) is 5.11. The number of ether oxygens (including phenoxy) is 1. The van der Waals surface area contributed by atoms with Gasteiger partial charge in [-0.2, -0.15) is 0 Å². The molecule has 1 aromatic carbocycles. The average Bonchev–Trinajstić information content (AvgIpc) is 2.30. The van der Waals surface area contributed by atoms with E-state index in [4.69, 9.17) is 4.74 Å². The monoisotopic (exact) mass is 202 g/mol. The number of ketones is 1. The van der Waals surface area contributed by atoms with E-state index in [0.29, 0.717) is 13.2 Å². The van der Waals surface area contributed by atoms with Crippen LogP contribution in [0.4, 0.5) is 0 Å². The van der Waals surface area contributed by atoms with E-state index in [1.54, 1.807) is 6.92 Å². The normalized spacial score (nSPS) is 20.9. The van der Waals surface area contributed by atoms with Crippen molar-refractivity contribution in [1.29, 1.82) is 0 Å². The van der Waals surface area contributed by atoms with Crippen molar-refractivity contribution in [3.63, 3.8) is 0 Å². The van der Waals surface area contributed by atoms with Crippen LogP contribution in [0.15, 0.2) is 42.0 Å². The SMILES string of the molecule is CC(=O)C1=CC(c2ccccc2)COC1. The Balaban J connectivity index is 2.24. The van der Waals surface area contributed by atoms with Gasteiger partial charge in [0.2, 0.25) is 0 Å². The van der Waals surface area contributed by atoms with Gasteiger partial charge in [0, 0.05) is 11.5 Å². The van der Waals surface area contributed by atoms with E-state index in [-0.39, 0.29) is 11.7 Å². The number of rotatable bonds is 2. The van der Waals surface area contributed by atoms with Crippen molar-refractivity contribution in [2.45, 2.75) is 12.8 Å². The molecule has 0 saturated heterocycles. The molecule has 1 aliphatic rings. The third-order valence-electron chi connectivity index (χ3n) is 2.64. The molecule has 15 heavy (non-hydrogen) atoms. The Bertz CT molecular complexity index is 379. The maximum atomic E-state index is 11.2. The van der Waals surface area contributed by atoms with Gasteiger partial charge in [-0.05, 0) is 12.5 Å². The Morgan fingerprint density at radius 3 is 2.73 bits per heavy atom. The zero-order chi connectivity index (χ0) is 10.7. The van der Waals surface area contributed by atoms with Crippen LogP contribution in [0.25, 0.3) is 0 Å². The summed E-state index contributed by atoms with van der Waals surface area (Å²) in [6, 6.07) is 10.1. The molecule has 2 heteroatoms. The molecule has 0 aliphatic carbocycles. The van der Waals surface area contributed by atoms with Gasteiger partial charge < -0.3 is 4.74 Å². The van der Waals surface area contributed by atoms with Crippen molar-refractivity contribution in [2.24, 2.45) is 0 Å². The summed E-state index contributed by atoms with van der Waals surface area (Å²) in [5.41, 5.74) is 1.99. The Morgan fingerprint density at radius 1 is 1.33 bits per heavy atom. The first-order chi connectivity index (χ1) is 7.27. The average molecular weight is 202 g/mol. The molecule has 0 bridgehead atoms. The Morgan fingerprint density at radius 2 is 2.07 bits per heavy atom. The fourth-order valence-corrected chi connectivity index (χ4v) is 1.75. The highest BCUT2D eigenvalue weighted by Gasteiger charge is 2.17. The minimum atomic E-state index is 0.107. The van der Waals surface area contributed by atoms with E-state index in [0.717, 1.165) is 5.57 Å². The zero-order valence-corrected chi connectivity index (χ0v) is 8.77. The van der Waals surface area contributed by atoms with Gasteiger partial charge in [0.15, 0.2) is 5.78 Å². The summed E-state index contributed by atoms with van der Waals surface area (Å²) < 4.78 is 5.42. The zero-order valence-electron chi connectivity index (χ0n) is 8.77. The largest absolute Gasteiger partial charge is 0.376 e. The lowest BCUT2D eigenvalue weighted by atomic mass is 9.95. The third kappa shape index (κ3) is 2.34. The fraction of sp³-hybridized carbons (Fsp3) is 0.308. The molecular weight excluding hydrogens is 188 g/mol. The van der Waals surface area contributed by atoms with E-state index in [1.807, 2.05) is 24.3 Å². The third-order valence-corrected chi connectivity index (χ3v) is 2.64. The minimum Gasteiger partial charge on any atom is -0.376 e. The predicted octanol–water partition coefficient (Wildman–Crippen LogP) is 2.32. The van der Waals surface area contributed by atoms with E-state index in [1.165, 1.54) is 5.56 Å². The molecule has 0 saturated carbocycles. The van der Waals surface area contributed by atoms with Gasteiger partial charge in [-0.25, -0.2) is 0 Å². The molecule has 1 heterocycles. The first-order valence-electron chi connectivity index (χ1n) is 5.11. The molecular formula is C13H14O2. The van der Waals surface area contributed by atoms with Gasteiger partial charge in [0.1, 0.15) is 0 Å². The van der Waals surface area contributed by atoms with Crippen LogP contribution in [0.5, 0.6) is 0 Å². The molecule has 0 radical (unpaired) electrons. The second-order valence-electron chi connectivity index (χ2n) is 3.78. The lowest BCUT2D eigenvalue weighted by molar-refractivity contribution is -0.114. The molecule has 0 fully saturated rings. The Hall–Kier alpha value is -1.41. The van der Waals surface area contributed by atoms with Gasteiger partial charge in [0.05, 0.1) is 13.2 Å². The molecule has 0 spiro atoms. The van der Waals surface area contributed by atoms with E-state index >= 15 is 0 Å². The summed E-state index contributed by atoms with van der Waals surface area (Å²) >= 11 is 0. The highest BCUT2D eigenvalue weighted by Crippen LogP contribution is 2.23. The van der Waals surface area contributed by atoms with Gasteiger partial charge in [-0.1, -0.05) is 36.4 Å². The number of benzene rings is 1. The summed E-state index contributed by atoms with van der Waals surface area (Å²) in [4.78, 5) is 11.2. The van der Waals surface area contributed by atoms with Crippen LogP contribution in [-0.2, 0) is 9.53 Å². The first kappa shape index (κ1) is 10.1. The molecule has 2 nitrogen and oxygen atoms in total. The van der Waals surface area contributed by atoms with Crippen LogP contribution in [0.3, 0.4) is 0 Å². The van der Waals surface area contributed by atoms with Gasteiger partial charge >= 0.3 is 0 Å². The Kier molecular flexibility index (Phi) is 2.97. The Labute approximate surface area is 89.6 Å². The minimum absolute atomic E-state index is 0.107. The van der Waals surface area contributed by atoms with Crippen LogP contribution < -0.4 is 0 Å². The quantitative estimate of drug-likeness (QED) is 0.735. The maximum absolute atomic E-state index is 11.2. The number of carbonyl (C=O) groups is 1. The fourth-order valence-electron chi connectivity index (χ4n) is 1.75. The van der Waals surface area contributed by atoms with E-state index < -0.39 is 0 Å². The van der Waals surface area contributed by atoms with Crippen LogP contribution in [-0.4, -0.2) is 19.0 Å².